The second kappa shape index (κ2) is 8.61. The third-order valence-electron chi connectivity index (χ3n) is 5.19. The number of methoxy groups -OCH3 is 2. The quantitative estimate of drug-likeness (QED) is 0.549. The fraction of sp³-hybridized carbons (Fsp3) is 0.429. The highest BCUT2D eigenvalue weighted by molar-refractivity contribution is 6.30. The fourth-order valence-corrected chi connectivity index (χ4v) is 3.82. The largest absolute Gasteiger partial charge is 0.504 e. The van der Waals surface area contributed by atoms with Gasteiger partial charge in [-0.05, 0) is 62.3 Å². The standard InChI is InChI=1S/C21H25ClO5/c1-25-20-18(23)16-9-3-13(4-10-17(16)19(24)21(20)26-2)11-12-27-15-7-5-14(22)6-8-15/h5-8,13,23-24H,3-4,9-12H2,1-2H3. The molecule has 0 aromatic heterocycles. The summed E-state index contributed by atoms with van der Waals surface area (Å²) in [6.07, 6.45) is 4.10. The Morgan fingerprint density at radius 2 is 1.44 bits per heavy atom. The number of hydrogen-bond acceptors (Lipinski definition) is 5. The van der Waals surface area contributed by atoms with Crippen LogP contribution in [0.15, 0.2) is 24.3 Å². The number of ether oxygens (including phenoxy) is 3. The number of rotatable bonds is 6. The monoisotopic (exact) mass is 392 g/mol. The summed E-state index contributed by atoms with van der Waals surface area (Å²) in [7, 11) is 2.91. The molecule has 0 unspecified atom stereocenters. The summed E-state index contributed by atoms with van der Waals surface area (Å²) in [4.78, 5) is 0. The van der Waals surface area contributed by atoms with Gasteiger partial charge in [-0.15, -0.1) is 0 Å². The Hall–Kier alpha value is -2.27. The van der Waals surface area contributed by atoms with Gasteiger partial charge in [0.15, 0.2) is 11.5 Å². The first-order chi connectivity index (χ1) is 13.0. The SMILES string of the molecule is COc1c(O)c2c(c(O)c1OC)CCC(CCOc1ccc(Cl)cc1)CC2. The first-order valence-electron chi connectivity index (χ1n) is 9.11. The van der Waals surface area contributed by atoms with E-state index in [1.54, 1.807) is 0 Å². The lowest BCUT2D eigenvalue weighted by atomic mass is 9.96. The maximum absolute atomic E-state index is 10.6. The Morgan fingerprint density at radius 1 is 0.926 bits per heavy atom. The minimum Gasteiger partial charge on any atom is -0.504 e. The normalized spacial score (nSPS) is 14.3. The van der Waals surface area contributed by atoms with E-state index >= 15 is 0 Å². The highest BCUT2D eigenvalue weighted by atomic mass is 35.5. The van der Waals surface area contributed by atoms with Crippen molar-refractivity contribution in [2.24, 2.45) is 5.92 Å². The van der Waals surface area contributed by atoms with Crippen LogP contribution < -0.4 is 14.2 Å². The van der Waals surface area contributed by atoms with Crippen LogP contribution in [0.3, 0.4) is 0 Å². The highest BCUT2D eigenvalue weighted by Crippen LogP contribution is 2.50. The molecule has 2 aromatic carbocycles. The summed E-state index contributed by atoms with van der Waals surface area (Å²) in [5.74, 6) is 1.78. The summed E-state index contributed by atoms with van der Waals surface area (Å²) < 4.78 is 16.3. The van der Waals surface area contributed by atoms with E-state index in [1.807, 2.05) is 24.3 Å². The van der Waals surface area contributed by atoms with Crippen molar-refractivity contribution in [3.05, 3.63) is 40.4 Å². The van der Waals surface area contributed by atoms with Crippen LogP contribution in [0.5, 0.6) is 28.7 Å². The smallest absolute Gasteiger partial charge is 0.207 e. The molecule has 0 fully saturated rings. The highest BCUT2D eigenvalue weighted by Gasteiger charge is 2.28. The second-order valence-corrected chi connectivity index (χ2v) is 7.19. The molecule has 6 heteroatoms. The lowest BCUT2D eigenvalue weighted by Crippen LogP contribution is -2.07. The number of fused-ring (bicyclic) bond motifs is 1. The van der Waals surface area contributed by atoms with Gasteiger partial charge in [0.05, 0.1) is 20.8 Å². The van der Waals surface area contributed by atoms with Crippen molar-refractivity contribution in [2.75, 3.05) is 20.8 Å². The summed E-state index contributed by atoms with van der Waals surface area (Å²) in [5, 5.41) is 21.8. The molecule has 2 aromatic rings. The number of hydrogen-bond donors (Lipinski definition) is 2. The van der Waals surface area contributed by atoms with Gasteiger partial charge in [-0.3, -0.25) is 0 Å². The minimum atomic E-state index is 0.0696. The molecular weight excluding hydrogens is 368 g/mol. The zero-order valence-corrected chi connectivity index (χ0v) is 16.4. The zero-order chi connectivity index (χ0) is 19.4. The average molecular weight is 393 g/mol. The molecule has 0 aliphatic heterocycles. The minimum absolute atomic E-state index is 0.0696. The molecule has 1 aliphatic carbocycles. The van der Waals surface area contributed by atoms with Gasteiger partial charge in [-0.25, -0.2) is 0 Å². The van der Waals surface area contributed by atoms with Crippen molar-refractivity contribution in [3.63, 3.8) is 0 Å². The topological polar surface area (TPSA) is 68.2 Å². The van der Waals surface area contributed by atoms with Crippen LogP contribution in [0.1, 0.15) is 30.4 Å². The summed E-state index contributed by atoms with van der Waals surface area (Å²) in [6.45, 7) is 0.618. The van der Waals surface area contributed by atoms with Crippen molar-refractivity contribution >= 4 is 11.6 Å². The number of phenols is 2. The van der Waals surface area contributed by atoms with Crippen LogP contribution in [-0.4, -0.2) is 31.0 Å². The van der Waals surface area contributed by atoms with E-state index in [4.69, 9.17) is 25.8 Å². The van der Waals surface area contributed by atoms with Crippen molar-refractivity contribution < 1.29 is 24.4 Å². The molecule has 0 atom stereocenters. The summed E-state index contributed by atoms with van der Waals surface area (Å²) in [5.41, 5.74) is 1.51. The van der Waals surface area contributed by atoms with E-state index in [1.165, 1.54) is 14.2 Å². The van der Waals surface area contributed by atoms with Gasteiger partial charge in [0.2, 0.25) is 11.5 Å². The predicted molar refractivity (Wildman–Crippen MR) is 105 cm³/mol. The predicted octanol–water partition coefficient (Wildman–Crippen LogP) is 4.73. The van der Waals surface area contributed by atoms with Gasteiger partial charge < -0.3 is 24.4 Å². The molecule has 0 heterocycles. The Bertz CT molecular complexity index is 747. The molecule has 0 spiro atoms. The van der Waals surface area contributed by atoms with E-state index < -0.39 is 0 Å². The Labute approximate surface area is 164 Å². The van der Waals surface area contributed by atoms with E-state index in [9.17, 15) is 10.2 Å². The zero-order valence-electron chi connectivity index (χ0n) is 15.6. The summed E-state index contributed by atoms with van der Waals surface area (Å²) in [6, 6.07) is 7.34. The molecule has 0 bridgehead atoms. The molecule has 3 rings (SSSR count). The van der Waals surface area contributed by atoms with Gasteiger partial charge in [-0.1, -0.05) is 11.6 Å². The maximum atomic E-state index is 10.6. The lowest BCUT2D eigenvalue weighted by molar-refractivity contribution is 0.267. The van der Waals surface area contributed by atoms with E-state index in [0.29, 0.717) is 30.4 Å². The molecule has 0 amide bonds. The maximum Gasteiger partial charge on any atom is 0.207 e. The third kappa shape index (κ3) is 4.19. The Balaban J connectivity index is 1.66. The number of phenolic OH excluding ortho intramolecular Hbond substituents is 2. The molecule has 0 saturated carbocycles. The Kier molecular flexibility index (Phi) is 6.22. The first-order valence-corrected chi connectivity index (χ1v) is 9.48. The lowest BCUT2D eigenvalue weighted by Gasteiger charge is -2.17. The van der Waals surface area contributed by atoms with Gasteiger partial charge in [-0.2, -0.15) is 0 Å². The van der Waals surface area contributed by atoms with Crippen LogP contribution in [0, 0.1) is 5.92 Å². The van der Waals surface area contributed by atoms with Gasteiger partial charge >= 0.3 is 0 Å². The van der Waals surface area contributed by atoms with Crippen molar-refractivity contribution in [1.82, 2.24) is 0 Å². The fourth-order valence-electron chi connectivity index (χ4n) is 3.70. The third-order valence-corrected chi connectivity index (χ3v) is 5.45. The van der Waals surface area contributed by atoms with Crippen LogP contribution >= 0.6 is 11.6 Å². The number of halogens is 1. The van der Waals surface area contributed by atoms with Gasteiger partial charge in [0, 0.05) is 16.1 Å². The summed E-state index contributed by atoms with van der Waals surface area (Å²) >= 11 is 5.88. The molecule has 1 aliphatic rings. The van der Waals surface area contributed by atoms with Crippen LogP contribution in [-0.2, 0) is 12.8 Å². The molecule has 0 saturated heterocycles. The first kappa shape index (κ1) is 19.5. The number of aromatic hydroxyl groups is 2. The molecule has 2 N–H and O–H groups in total. The molecule has 146 valence electrons. The van der Waals surface area contributed by atoms with Crippen LogP contribution in [0.4, 0.5) is 0 Å². The molecule has 0 radical (unpaired) electrons. The van der Waals surface area contributed by atoms with Gasteiger partial charge in [0.25, 0.3) is 0 Å². The van der Waals surface area contributed by atoms with E-state index in [-0.39, 0.29) is 23.0 Å². The van der Waals surface area contributed by atoms with E-state index in [2.05, 4.69) is 0 Å². The average Bonchev–Trinajstić information content (AvgIpc) is 2.89. The van der Waals surface area contributed by atoms with Crippen molar-refractivity contribution in [1.29, 1.82) is 0 Å². The van der Waals surface area contributed by atoms with E-state index in [0.717, 1.165) is 36.1 Å². The van der Waals surface area contributed by atoms with Gasteiger partial charge in [0.1, 0.15) is 5.75 Å². The van der Waals surface area contributed by atoms with Crippen molar-refractivity contribution in [3.8, 4) is 28.7 Å². The Morgan fingerprint density at radius 3 is 1.93 bits per heavy atom. The van der Waals surface area contributed by atoms with Crippen LogP contribution in [0.2, 0.25) is 5.02 Å². The van der Waals surface area contributed by atoms with Crippen molar-refractivity contribution in [2.45, 2.75) is 32.1 Å². The molecule has 27 heavy (non-hydrogen) atoms. The van der Waals surface area contributed by atoms with Crippen LogP contribution in [0.25, 0.3) is 0 Å². The molecular formula is C21H25ClO5. The molecule has 5 nitrogen and oxygen atoms in total. The number of benzene rings is 2. The second-order valence-electron chi connectivity index (χ2n) is 6.76.